The molecular formula is C21H23N3O. The molecule has 2 aromatic carbocycles. The Labute approximate surface area is 147 Å². The second kappa shape index (κ2) is 6.73. The summed E-state index contributed by atoms with van der Waals surface area (Å²) >= 11 is 0. The maximum absolute atomic E-state index is 6.23. The number of anilines is 1. The topological polar surface area (TPSA) is 74.2 Å². The van der Waals surface area contributed by atoms with Crippen molar-refractivity contribution in [1.29, 1.82) is 0 Å². The van der Waals surface area contributed by atoms with Crippen molar-refractivity contribution in [2.45, 2.75) is 37.8 Å². The van der Waals surface area contributed by atoms with Gasteiger partial charge in [0.15, 0.2) is 0 Å². The number of fused-ring (bicyclic) bond motifs is 1. The van der Waals surface area contributed by atoms with Crippen LogP contribution in [0.1, 0.15) is 25.7 Å². The van der Waals surface area contributed by atoms with E-state index in [1.54, 1.807) is 6.07 Å². The van der Waals surface area contributed by atoms with Gasteiger partial charge < -0.3 is 16.2 Å². The summed E-state index contributed by atoms with van der Waals surface area (Å²) in [6.07, 6.45) is 4.55. The number of rotatable bonds is 3. The monoisotopic (exact) mass is 333 g/mol. The molecule has 4 heteroatoms. The van der Waals surface area contributed by atoms with E-state index in [0.29, 0.717) is 5.82 Å². The lowest BCUT2D eigenvalue weighted by Crippen LogP contribution is -2.41. The first kappa shape index (κ1) is 15.9. The Hall–Kier alpha value is -2.59. The third-order valence-corrected chi connectivity index (χ3v) is 4.94. The first-order valence-corrected chi connectivity index (χ1v) is 8.88. The van der Waals surface area contributed by atoms with Crippen LogP contribution in [0.25, 0.3) is 22.0 Å². The van der Waals surface area contributed by atoms with Crippen LogP contribution in [-0.4, -0.2) is 17.1 Å². The molecule has 1 saturated carbocycles. The first-order chi connectivity index (χ1) is 12.2. The molecule has 0 spiro atoms. The Balaban J connectivity index is 1.73. The van der Waals surface area contributed by atoms with Crippen LogP contribution in [0.4, 0.5) is 5.82 Å². The van der Waals surface area contributed by atoms with Crippen LogP contribution in [0.15, 0.2) is 54.6 Å². The molecule has 2 atom stereocenters. The van der Waals surface area contributed by atoms with E-state index in [2.05, 4.69) is 29.2 Å². The summed E-state index contributed by atoms with van der Waals surface area (Å²) in [7, 11) is 0. The molecular weight excluding hydrogens is 310 g/mol. The summed E-state index contributed by atoms with van der Waals surface area (Å²) in [5.74, 6) is 1.39. The molecule has 0 amide bonds. The van der Waals surface area contributed by atoms with E-state index in [0.717, 1.165) is 40.6 Å². The van der Waals surface area contributed by atoms with Crippen LogP contribution in [0.3, 0.4) is 0 Å². The highest BCUT2D eigenvalue weighted by molar-refractivity contribution is 5.96. The Morgan fingerprint density at radius 2 is 1.80 bits per heavy atom. The van der Waals surface area contributed by atoms with Gasteiger partial charge in [-0.3, -0.25) is 0 Å². The van der Waals surface area contributed by atoms with E-state index in [4.69, 9.17) is 16.2 Å². The number of ether oxygens (including phenoxy) is 1. The Morgan fingerprint density at radius 3 is 2.64 bits per heavy atom. The lowest BCUT2D eigenvalue weighted by molar-refractivity contribution is 0.132. The molecule has 1 aromatic heterocycles. The summed E-state index contributed by atoms with van der Waals surface area (Å²) in [5.41, 5.74) is 14.0. The SMILES string of the molecule is Nc1cccc(-c2cccc3ccc(OC4CCCCC4N)cc23)n1. The third kappa shape index (κ3) is 3.30. The van der Waals surface area contributed by atoms with Crippen LogP contribution in [0.2, 0.25) is 0 Å². The van der Waals surface area contributed by atoms with Gasteiger partial charge in [-0.1, -0.05) is 36.8 Å². The predicted octanol–water partition coefficient (Wildman–Crippen LogP) is 4.13. The van der Waals surface area contributed by atoms with Crippen LogP contribution < -0.4 is 16.2 Å². The van der Waals surface area contributed by atoms with Gasteiger partial charge in [-0.15, -0.1) is 0 Å². The van der Waals surface area contributed by atoms with Gasteiger partial charge in [-0.2, -0.15) is 0 Å². The van der Waals surface area contributed by atoms with Gasteiger partial charge in [-0.05, 0) is 54.3 Å². The summed E-state index contributed by atoms with van der Waals surface area (Å²) < 4.78 is 6.22. The maximum Gasteiger partial charge on any atom is 0.124 e. The molecule has 0 bridgehead atoms. The first-order valence-electron chi connectivity index (χ1n) is 8.88. The van der Waals surface area contributed by atoms with Crippen molar-refractivity contribution in [3.8, 4) is 17.0 Å². The second-order valence-electron chi connectivity index (χ2n) is 6.74. The molecule has 1 heterocycles. The van der Waals surface area contributed by atoms with Crippen molar-refractivity contribution in [1.82, 2.24) is 4.98 Å². The number of nitrogen functional groups attached to an aromatic ring is 1. The predicted molar refractivity (Wildman–Crippen MR) is 102 cm³/mol. The van der Waals surface area contributed by atoms with Gasteiger partial charge >= 0.3 is 0 Å². The van der Waals surface area contributed by atoms with Crippen molar-refractivity contribution in [2.75, 3.05) is 5.73 Å². The number of nitrogens with zero attached hydrogens (tertiary/aromatic N) is 1. The minimum absolute atomic E-state index is 0.101. The molecule has 3 aromatic rings. The molecule has 0 saturated heterocycles. The minimum atomic E-state index is 0.101. The normalized spacial score (nSPS) is 20.5. The van der Waals surface area contributed by atoms with E-state index in [9.17, 15) is 0 Å². The van der Waals surface area contributed by atoms with Gasteiger partial charge in [0.1, 0.15) is 17.7 Å². The third-order valence-electron chi connectivity index (χ3n) is 4.94. The van der Waals surface area contributed by atoms with Gasteiger partial charge in [0.05, 0.1) is 5.69 Å². The zero-order valence-corrected chi connectivity index (χ0v) is 14.2. The standard InChI is InChI=1S/C21H23N3O/c22-18-7-1-2-9-20(18)25-15-12-11-14-5-3-6-16(17(14)13-15)19-8-4-10-21(23)24-19/h3-6,8,10-13,18,20H,1-2,7,9,22H2,(H2,23,24). The Bertz CT molecular complexity index is 893. The number of aromatic nitrogens is 1. The largest absolute Gasteiger partial charge is 0.489 e. The fraction of sp³-hybridized carbons (Fsp3) is 0.286. The summed E-state index contributed by atoms with van der Waals surface area (Å²) in [6.45, 7) is 0. The molecule has 0 aliphatic heterocycles. The molecule has 4 nitrogen and oxygen atoms in total. The van der Waals surface area contributed by atoms with Crippen molar-refractivity contribution in [3.05, 3.63) is 54.6 Å². The molecule has 1 fully saturated rings. The molecule has 2 unspecified atom stereocenters. The van der Waals surface area contributed by atoms with Gasteiger partial charge in [0, 0.05) is 11.6 Å². The van der Waals surface area contributed by atoms with E-state index in [-0.39, 0.29) is 12.1 Å². The Kier molecular flexibility index (Phi) is 4.28. The van der Waals surface area contributed by atoms with Crippen LogP contribution in [-0.2, 0) is 0 Å². The van der Waals surface area contributed by atoms with Crippen molar-refractivity contribution >= 4 is 16.6 Å². The van der Waals surface area contributed by atoms with Crippen molar-refractivity contribution < 1.29 is 4.74 Å². The van der Waals surface area contributed by atoms with Gasteiger partial charge in [0.25, 0.3) is 0 Å². The number of hydrogen-bond donors (Lipinski definition) is 2. The van der Waals surface area contributed by atoms with Gasteiger partial charge in [-0.25, -0.2) is 4.98 Å². The van der Waals surface area contributed by atoms with Crippen LogP contribution >= 0.6 is 0 Å². The van der Waals surface area contributed by atoms with Gasteiger partial charge in [0.2, 0.25) is 0 Å². The Morgan fingerprint density at radius 1 is 0.960 bits per heavy atom. The highest BCUT2D eigenvalue weighted by Crippen LogP contribution is 2.32. The molecule has 128 valence electrons. The molecule has 1 aliphatic carbocycles. The molecule has 1 aliphatic rings. The van der Waals surface area contributed by atoms with E-state index in [1.165, 1.54) is 12.8 Å². The van der Waals surface area contributed by atoms with E-state index < -0.39 is 0 Å². The highest BCUT2D eigenvalue weighted by atomic mass is 16.5. The van der Waals surface area contributed by atoms with Crippen LogP contribution in [0, 0.1) is 0 Å². The number of pyridine rings is 1. The molecule has 25 heavy (non-hydrogen) atoms. The van der Waals surface area contributed by atoms with E-state index >= 15 is 0 Å². The number of benzene rings is 2. The van der Waals surface area contributed by atoms with Crippen molar-refractivity contribution in [2.24, 2.45) is 5.73 Å². The van der Waals surface area contributed by atoms with Crippen molar-refractivity contribution in [3.63, 3.8) is 0 Å². The quantitative estimate of drug-likeness (QED) is 0.755. The fourth-order valence-corrected chi connectivity index (χ4v) is 3.60. The average Bonchev–Trinajstić information content (AvgIpc) is 2.63. The number of hydrogen-bond acceptors (Lipinski definition) is 4. The number of nitrogens with two attached hydrogens (primary N) is 2. The van der Waals surface area contributed by atoms with E-state index in [1.807, 2.05) is 24.3 Å². The second-order valence-corrected chi connectivity index (χ2v) is 6.74. The average molecular weight is 333 g/mol. The fourth-order valence-electron chi connectivity index (χ4n) is 3.60. The summed E-state index contributed by atoms with van der Waals surface area (Å²) in [5, 5.41) is 2.27. The molecule has 0 radical (unpaired) electrons. The smallest absolute Gasteiger partial charge is 0.124 e. The highest BCUT2D eigenvalue weighted by Gasteiger charge is 2.23. The molecule has 4 N–H and O–H groups in total. The maximum atomic E-state index is 6.23. The summed E-state index contributed by atoms with van der Waals surface area (Å²) in [6, 6.07) is 18.3. The lowest BCUT2D eigenvalue weighted by atomic mass is 9.93. The lowest BCUT2D eigenvalue weighted by Gasteiger charge is -2.29. The van der Waals surface area contributed by atoms with Crippen LogP contribution in [0.5, 0.6) is 5.75 Å². The molecule has 4 rings (SSSR count). The zero-order valence-electron chi connectivity index (χ0n) is 14.2. The summed E-state index contributed by atoms with van der Waals surface area (Å²) in [4.78, 5) is 4.47. The minimum Gasteiger partial charge on any atom is -0.489 e. The zero-order chi connectivity index (χ0) is 17.2.